The first-order chi connectivity index (χ1) is 6.73. The van der Waals surface area contributed by atoms with Crippen molar-refractivity contribution in [3.8, 4) is 0 Å². The molecule has 0 radical (unpaired) electrons. The van der Waals surface area contributed by atoms with E-state index in [0.717, 1.165) is 0 Å². The van der Waals surface area contributed by atoms with Gasteiger partial charge in [-0.1, -0.05) is 23.2 Å². The Balaban J connectivity index is 3.33. The van der Waals surface area contributed by atoms with Gasteiger partial charge in [0.15, 0.2) is 0 Å². The number of ketones is 1. The molecular weight excluding hydrogens is 367 g/mol. The Morgan fingerprint density at radius 1 is 1.20 bits per heavy atom. The fourth-order valence-corrected chi connectivity index (χ4v) is 2.55. The Kier molecular flexibility index (Phi) is 3.89. The molecule has 0 atom stereocenters. The van der Waals surface area contributed by atoms with Gasteiger partial charge in [0.2, 0.25) is 0 Å². The molecule has 1 nitrogen and oxygen atoms in total. The first kappa shape index (κ1) is 13.1. The van der Waals surface area contributed by atoms with Crippen LogP contribution < -0.4 is 0 Å². The van der Waals surface area contributed by atoms with Gasteiger partial charge in [0.1, 0.15) is 0 Å². The molecule has 0 aliphatic rings. The number of alkyl halides is 3. The molecule has 0 spiro atoms. The molecule has 0 saturated carbocycles. The van der Waals surface area contributed by atoms with E-state index in [0.29, 0.717) is 3.57 Å². The summed E-state index contributed by atoms with van der Waals surface area (Å²) in [7, 11) is 0. The predicted molar refractivity (Wildman–Crippen MR) is 59.6 cm³/mol. The first-order valence-corrected chi connectivity index (χ1v) is 5.33. The molecule has 0 saturated heterocycles. The number of hydrogen-bond donors (Lipinski definition) is 0. The minimum absolute atomic E-state index is 0.297. The summed E-state index contributed by atoms with van der Waals surface area (Å²) in [6, 6.07) is 2.49. The molecular formula is C8H2Cl2F3IO. The Bertz CT molecular complexity index is 394. The lowest BCUT2D eigenvalue weighted by atomic mass is 10.1. The van der Waals surface area contributed by atoms with E-state index in [1.165, 1.54) is 12.1 Å². The summed E-state index contributed by atoms with van der Waals surface area (Å²) in [5.41, 5.74) is -0.703. The standard InChI is InChI=1S/C8H2Cl2F3IO/c9-4-1-3(14)2-5(10)6(4)7(15)8(11,12)13/h1-2H. The summed E-state index contributed by atoms with van der Waals surface area (Å²) in [6.07, 6.45) is -4.97. The van der Waals surface area contributed by atoms with Gasteiger partial charge in [0.25, 0.3) is 5.78 Å². The third-order valence-corrected chi connectivity index (χ3v) is 2.71. The van der Waals surface area contributed by atoms with Gasteiger partial charge in [-0.3, -0.25) is 4.79 Å². The summed E-state index contributed by atoms with van der Waals surface area (Å²) in [6.45, 7) is 0. The molecule has 0 amide bonds. The number of Topliss-reactive ketones (excluding diaryl/α,β-unsaturated/α-hetero) is 1. The average Bonchev–Trinajstić information content (AvgIpc) is 1.99. The molecule has 1 aromatic carbocycles. The predicted octanol–water partition coefficient (Wildman–Crippen LogP) is 4.34. The zero-order valence-corrected chi connectivity index (χ0v) is 10.5. The smallest absolute Gasteiger partial charge is 0.284 e. The van der Waals surface area contributed by atoms with E-state index in [1.807, 2.05) is 22.6 Å². The molecule has 82 valence electrons. The van der Waals surface area contributed by atoms with Crippen molar-refractivity contribution in [3.63, 3.8) is 0 Å². The second kappa shape index (κ2) is 4.47. The second-order valence-corrected chi connectivity index (χ2v) is 4.63. The van der Waals surface area contributed by atoms with Gasteiger partial charge in [-0.2, -0.15) is 13.2 Å². The molecule has 1 aromatic rings. The summed E-state index contributed by atoms with van der Waals surface area (Å²) >= 11 is 12.9. The van der Waals surface area contributed by atoms with E-state index in [4.69, 9.17) is 23.2 Å². The van der Waals surface area contributed by atoms with Gasteiger partial charge >= 0.3 is 6.18 Å². The minimum Gasteiger partial charge on any atom is -0.284 e. The maximum absolute atomic E-state index is 12.1. The molecule has 1 rings (SSSR count). The van der Waals surface area contributed by atoms with E-state index >= 15 is 0 Å². The Labute approximate surface area is 107 Å². The van der Waals surface area contributed by atoms with Gasteiger partial charge in [-0.25, -0.2) is 0 Å². The summed E-state index contributed by atoms with van der Waals surface area (Å²) in [5, 5.41) is -0.594. The van der Waals surface area contributed by atoms with Crippen LogP contribution >= 0.6 is 45.8 Å². The van der Waals surface area contributed by atoms with E-state index in [1.54, 1.807) is 0 Å². The molecule has 7 heteroatoms. The molecule has 0 aromatic heterocycles. The highest BCUT2D eigenvalue weighted by Gasteiger charge is 2.41. The number of hydrogen-bond acceptors (Lipinski definition) is 1. The molecule has 0 bridgehead atoms. The zero-order chi connectivity index (χ0) is 11.8. The Morgan fingerprint density at radius 3 is 1.93 bits per heavy atom. The van der Waals surface area contributed by atoms with E-state index in [-0.39, 0.29) is 10.0 Å². The van der Waals surface area contributed by atoms with Crippen LogP contribution in [-0.2, 0) is 0 Å². The van der Waals surface area contributed by atoms with E-state index in [9.17, 15) is 18.0 Å². The van der Waals surface area contributed by atoms with Crippen molar-refractivity contribution in [3.05, 3.63) is 31.3 Å². The number of carbonyl (C=O) groups is 1. The summed E-state index contributed by atoms with van der Waals surface area (Å²) in [4.78, 5) is 10.9. The number of rotatable bonds is 1. The zero-order valence-electron chi connectivity index (χ0n) is 6.83. The number of benzene rings is 1. The van der Waals surface area contributed by atoms with Crippen molar-refractivity contribution in [2.75, 3.05) is 0 Å². The van der Waals surface area contributed by atoms with Crippen LogP contribution in [-0.4, -0.2) is 12.0 Å². The van der Waals surface area contributed by atoms with Crippen molar-refractivity contribution in [2.45, 2.75) is 6.18 Å². The normalized spacial score (nSPS) is 11.6. The maximum Gasteiger partial charge on any atom is 0.454 e. The van der Waals surface area contributed by atoms with E-state index < -0.39 is 17.5 Å². The van der Waals surface area contributed by atoms with Gasteiger partial charge in [-0.05, 0) is 34.7 Å². The Hall–Kier alpha value is -0.0100. The van der Waals surface area contributed by atoms with Crippen LogP contribution in [0.25, 0.3) is 0 Å². The molecule has 0 fully saturated rings. The third kappa shape index (κ3) is 2.98. The van der Waals surface area contributed by atoms with Crippen LogP contribution in [0, 0.1) is 3.57 Å². The van der Waals surface area contributed by atoms with Gasteiger partial charge in [-0.15, -0.1) is 0 Å². The summed E-state index contributed by atoms with van der Waals surface area (Å²) < 4.78 is 36.9. The lowest BCUT2D eigenvalue weighted by molar-refractivity contribution is -0.0885. The highest BCUT2D eigenvalue weighted by atomic mass is 127. The van der Waals surface area contributed by atoms with Gasteiger partial charge in [0.05, 0.1) is 15.6 Å². The van der Waals surface area contributed by atoms with Crippen LogP contribution in [0.5, 0.6) is 0 Å². The average molecular weight is 369 g/mol. The molecule has 0 heterocycles. The quantitative estimate of drug-likeness (QED) is 0.532. The Morgan fingerprint density at radius 2 is 1.60 bits per heavy atom. The van der Waals surface area contributed by atoms with Crippen molar-refractivity contribution >= 4 is 51.6 Å². The first-order valence-electron chi connectivity index (χ1n) is 3.49. The molecule has 0 unspecified atom stereocenters. The second-order valence-electron chi connectivity index (χ2n) is 2.57. The minimum atomic E-state index is -4.97. The molecule has 15 heavy (non-hydrogen) atoms. The van der Waals surface area contributed by atoms with Crippen molar-refractivity contribution in [2.24, 2.45) is 0 Å². The van der Waals surface area contributed by atoms with E-state index in [2.05, 4.69) is 0 Å². The van der Waals surface area contributed by atoms with Crippen molar-refractivity contribution in [1.29, 1.82) is 0 Å². The van der Waals surface area contributed by atoms with Crippen LogP contribution in [0.15, 0.2) is 12.1 Å². The molecule has 0 aliphatic carbocycles. The SMILES string of the molecule is O=C(c1c(Cl)cc(I)cc1Cl)C(F)(F)F. The van der Waals surface area contributed by atoms with Crippen LogP contribution in [0.4, 0.5) is 13.2 Å². The number of halogens is 6. The molecule has 0 aliphatic heterocycles. The van der Waals surface area contributed by atoms with Crippen LogP contribution in [0.3, 0.4) is 0 Å². The van der Waals surface area contributed by atoms with Crippen LogP contribution in [0.2, 0.25) is 10.0 Å². The lowest BCUT2D eigenvalue weighted by Gasteiger charge is -2.09. The van der Waals surface area contributed by atoms with Crippen LogP contribution in [0.1, 0.15) is 10.4 Å². The molecule has 0 N–H and O–H groups in total. The largest absolute Gasteiger partial charge is 0.454 e. The van der Waals surface area contributed by atoms with Gasteiger partial charge in [0, 0.05) is 3.57 Å². The van der Waals surface area contributed by atoms with Crippen molar-refractivity contribution in [1.82, 2.24) is 0 Å². The maximum atomic E-state index is 12.1. The monoisotopic (exact) mass is 368 g/mol. The highest BCUT2D eigenvalue weighted by molar-refractivity contribution is 14.1. The third-order valence-electron chi connectivity index (χ3n) is 1.49. The number of carbonyl (C=O) groups excluding carboxylic acids is 1. The fraction of sp³-hybridized carbons (Fsp3) is 0.125. The highest BCUT2D eigenvalue weighted by Crippen LogP contribution is 2.32. The lowest BCUT2D eigenvalue weighted by Crippen LogP contribution is -2.23. The topological polar surface area (TPSA) is 17.1 Å². The fourth-order valence-electron chi connectivity index (χ4n) is 0.901. The van der Waals surface area contributed by atoms with Gasteiger partial charge < -0.3 is 0 Å². The summed E-state index contributed by atoms with van der Waals surface area (Å²) in [5.74, 6) is -2.03. The van der Waals surface area contributed by atoms with Crippen molar-refractivity contribution < 1.29 is 18.0 Å².